The second-order valence-electron chi connectivity index (χ2n) is 8.18. The Kier molecular flexibility index (Phi) is 5.82. The molecule has 2 aromatic heterocycles. The molecule has 3 aromatic rings. The Hall–Kier alpha value is -2.97. The van der Waals surface area contributed by atoms with Crippen LogP contribution in [-0.2, 0) is 4.74 Å². The SMILES string of the molecule is CN1CCCN(c2cccc3cnc(Nc4ccc(N5CCOCC5)cn4)nc23)CC1. The highest BCUT2D eigenvalue weighted by Gasteiger charge is 2.16. The second kappa shape index (κ2) is 9.03. The third-order valence-corrected chi connectivity index (χ3v) is 6.01. The van der Waals surface area contributed by atoms with E-state index in [0.29, 0.717) is 5.95 Å². The molecule has 0 aliphatic carbocycles. The van der Waals surface area contributed by atoms with Crippen molar-refractivity contribution in [1.82, 2.24) is 19.9 Å². The quantitative estimate of drug-likeness (QED) is 0.692. The van der Waals surface area contributed by atoms with Crippen LogP contribution < -0.4 is 15.1 Å². The first kappa shape index (κ1) is 20.0. The summed E-state index contributed by atoms with van der Waals surface area (Å²) < 4.78 is 5.43. The van der Waals surface area contributed by atoms with E-state index in [-0.39, 0.29) is 0 Å². The third-order valence-electron chi connectivity index (χ3n) is 6.01. The molecule has 0 bridgehead atoms. The van der Waals surface area contributed by atoms with E-state index in [0.717, 1.165) is 81.3 Å². The van der Waals surface area contributed by atoms with E-state index < -0.39 is 0 Å². The maximum atomic E-state index is 5.43. The average Bonchev–Trinajstić information content (AvgIpc) is 3.04. The van der Waals surface area contributed by atoms with Gasteiger partial charge in [-0.3, -0.25) is 0 Å². The van der Waals surface area contributed by atoms with Gasteiger partial charge < -0.3 is 24.8 Å². The van der Waals surface area contributed by atoms with Gasteiger partial charge in [0, 0.05) is 44.3 Å². The smallest absolute Gasteiger partial charge is 0.228 e. The zero-order chi connectivity index (χ0) is 21.0. The Morgan fingerprint density at radius 1 is 0.871 bits per heavy atom. The van der Waals surface area contributed by atoms with Crippen LogP contribution in [0.5, 0.6) is 0 Å². The number of para-hydroxylation sites is 1. The number of nitrogens with one attached hydrogen (secondary N) is 1. The average molecular weight is 420 g/mol. The number of anilines is 4. The normalized spacial score (nSPS) is 18.2. The van der Waals surface area contributed by atoms with Crippen LogP contribution >= 0.6 is 0 Å². The maximum absolute atomic E-state index is 5.43. The van der Waals surface area contributed by atoms with Gasteiger partial charge >= 0.3 is 0 Å². The maximum Gasteiger partial charge on any atom is 0.228 e. The van der Waals surface area contributed by atoms with E-state index in [1.807, 2.05) is 18.5 Å². The lowest BCUT2D eigenvalue weighted by Crippen LogP contribution is -2.36. The molecule has 2 aliphatic heterocycles. The van der Waals surface area contributed by atoms with Crippen LogP contribution in [0.1, 0.15) is 6.42 Å². The molecule has 2 saturated heterocycles. The third kappa shape index (κ3) is 4.55. The molecule has 0 radical (unpaired) electrons. The van der Waals surface area contributed by atoms with Gasteiger partial charge in [0.25, 0.3) is 0 Å². The summed E-state index contributed by atoms with van der Waals surface area (Å²) in [7, 11) is 2.19. The summed E-state index contributed by atoms with van der Waals surface area (Å²) in [6.07, 6.45) is 4.94. The molecule has 0 atom stereocenters. The molecule has 0 unspecified atom stereocenters. The summed E-state index contributed by atoms with van der Waals surface area (Å²) in [6.45, 7) is 7.57. The molecule has 8 nitrogen and oxygen atoms in total. The van der Waals surface area contributed by atoms with Crippen LogP contribution in [0.15, 0.2) is 42.7 Å². The van der Waals surface area contributed by atoms with Crippen LogP contribution in [0.4, 0.5) is 23.1 Å². The first-order valence-electron chi connectivity index (χ1n) is 11.0. The van der Waals surface area contributed by atoms with Gasteiger partial charge in [0.1, 0.15) is 5.82 Å². The molecule has 0 amide bonds. The summed E-state index contributed by atoms with van der Waals surface area (Å²) >= 11 is 0. The number of benzene rings is 1. The van der Waals surface area contributed by atoms with Gasteiger partial charge in [-0.1, -0.05) is 12.1 Å². The predicted molar refractivity (Wildman–Crippen MR) is 124 cm³/mol. The fourth-order valence-corrected chi connectivity index (χ4v) is 4.23. The summed E-state index contributed by atoms with van der Waals surface area (Å²) in [5.41, 5.74) is 3.27. The number of hydrogen-bond acceptors (Lipinski definition) is 8. The number of hydrogen-bond donors (Lipinski definition) is 1. The van der Waals surface area contributed by atoms with Crippen LogP contribution in [0.2, 0.25) is 0 Å². The highest BCUT2D eigenvalue weighted by atomic mass is 16.5. The fourth-order valence-electron chi connectivity index (χ4n) is 4.23. The molecule has 8 heteroatoms. The molecular weight excluding hydrogens is 390 g/mol. The van der Waals surface area contributed by atoms with Gasteiger partial charge in [-0.05, 0) is 38.2 Å². The number of ether oxygens (including phenoxy) is 1. The largest absolute Gasteiger partial charge is 0.378 e. The minimum Gasteiger partial charge on any atom is -0.378 e. The fraction of sp³-hybridized carbons (Fsp3) is 0.435. The lowest BCUT2D eigenvalue weighted by Gasteiger charge is -2.28. The number of morpholine rings is 1. The molecule has 162 valence electrons. The van der Waals surface area contributed by atoms with Crippen molar-refractivity contribution in [2.75, 3.05) is 74.6 Å². The standard InChI is InChI=1S/C23H29N7O/c1-28-8-3-9-30(11-10-28)20-5-2-4-18-16-25-23(27-22(18)20)26-21-7-6-19(17-24-21)29-12-14-31-15-13-29/h2,4-7,16-17H,3,8-15H2,1H3,(H,24,25,26,27). The topological polar surface area (TPSA) is 69.7 Å². The molecule has 4 heterocycles. The van der Waals surface area contributed by atoms with Crippen molar-refractivity contribution in [2.45, 2.75) is 6.42 Å². The highest BCUT2D eigenvalue weighted by molar-refractivity contribution is 5.91. The Balaban J connectivity index is 1.36. The molecule has 2 aliphatic rings. The Labute approximate surface area is 182 Å². The van der Waals surface area contributed by atoms with Gasteiger partial charge in [-0.2, -0.15) is 0 Å². The number of likely N-dealkylation sites (N-methyl/N-ethyl adjacent to an activating group) is 1. The van der Waals surface area contributed by atoms with Crippen molar-refractivity contribution in [2.24, 2.45) is 0 Å². The van der Waals surface area contributed by atoms with E-state index in [1.165, 1.54) is 5.69 Å². The number of nitrogens with zero attached hydrogens (tertiary/aromatic N) is 6. The Bertz CT molecular complexity index is 1020. The minimum absolute atomic E-state index is 0.568. The van der Waals surface area contributed by atoms with Crippen molar-refractivity contribution < 1.29 is 4.74 Å². The number of fused-ring (bicyclic) bond motifs is 1. The van der Waals surface area contributed by atoms with Crippen molar-refractivity contribution in [3.05, 3.63) is 42.7 Å². The van der Waals surface area contributed by atoms with E-state index in [9.17, 15) is 0 Å². The van der Waals surface area contributed by atoms with Crippen LogP contribution in [0.3, 0.4) is 0 Å². The predicted octanol–water partition coefficient (Wildman–Crippen LogP) is 2.75. The molecule has 1 aromatic carbocycles. The number of rotatable bonds is 4. The lowest BCUT2D eigenvalue weighted by atomic mass is 10.2. The van der Waals surface area contributed by atoms with Crippen LogP contribution in [0, 0.1) is 0 Å². The van der Waals surface area contributed by atoms with Gasteiger partial charge in [0.2, 0.25) is 5.95 Å². The van der Waals surface area contributed by atoms with Gasteiger partial charge in [0.05, 0.1) is 36.3 Å². The molecule has 2 fully saturated rings. The molecular formula is C23H29N7O. The van der Waals surface area contributed by atoms with Crippen molar-refractivity contribution in [3.63, 3.8) is 0 Å². The van der Waals surface area contributed by atoms with Gasteiger partial charge in [-0.25, -0.2) is 15.0 Å². The summed E-state index contributed by atoms with van der Waals surface area (Å²) in [4.78, 5) is 21.1. The van der Waals surface area contributed by atoms with Crippen molar-refractivity contribution in [3.8, 4) is 0 Å². The summed E-state index contributed by atoms with van der Waals surface area (Å²) in [6, 6.07) is 10.4. The van der Waals surface area contributed by atoms with Gasteiger partial charge in [0.15, 0.2) is 0 Å². The Morgan fingerprint density at radius 2 is 1.77 bits per heavy atom. The number of pyridine rings is 1. The van der Waals surface area contributed by atoms with Crippen molar-refractivity contribution in [1.29, 1.82) is 0 Å². The molecule has 1 N–H and O–H groups in total. The molecule has 0 saturated carbocycles. The molecule has 5 rings (SSSR count). The van der Waals surface area contributed by atoms with E-state index >= 15 is 0 Å². The van der Waals surface area contributed by atoms with E-state index in [2.05, 4.69) is 61.3 Å². The zero-order valence-electron chi connectivity index (χ0n) is 18.0. The number of aromatic nitrogens is 3. The monoisotopic (exact) mass is 419 g/mol. The first-order valence-corrected chi connectivity index (χ1v) is 11.0. The molecule has 0 spiro atoms. The van der Waals surface area contributed by atoms with Crippen LogP contribution in [-0.4, -0.2) is 79.4 Å². The Morgan fingerprint density at radius 3 is 2.61 bits per heavy atom. The van der Waals surface area contributed by atoms with Gasteiger partial charge in [-0.15, -0.1) is 0 Å². The second-order valence-corrected chi connectivity index (χ2v) is 8.18. The van der Waals surface area contributed by atoms with Crippen molar-refractivity contribution >= 4 is 34.0 Å². The first-order chi connectivity index (χ1) is 15.3. The zero-order valence-corrected chi connectivity index (χ0v) is 18.0. The minimum atomic E-state index is 0.568. The lowest BCUT2D eigenvalue weighted by molar-refractivity contribution is 0.122. The highest BCUT2D eigenvalue weighted by Crippen LogP contribution is 2.27. The summed E-state index contributed by atoms with van der Waals surface area (Å²) in [5, 5.41) is 4.32. The van der Waals surface area contributed by atoms with E-state index in [1.54, 1.807) is 0 Å². The van der Waals surface area contributed by atoms with Crippen LogP contribution in [0.25, 0.3) is 10.9 Å². The molecule has 31 heavy (non-hydrogen) atoms. The summed E-state index contributed by atoms with van der Waals surface area (Å²) in [5.74, 6) is 1.31. The van der Waals surface area contributed by atoms with E-state index in [4.69, 9.17) is 9.72 Å².